The molecular weight excluding hydrogens is 474 g/mol. The fraction of sp³-hybridized carbons (Fsp3) is 0.290. The summed E-state index contributed by atoms with van der Waals surface area (Å²) in [6.45, 7) is 7.84. The Morgan fingerprint density at radius 3 is 2.29 bits per heavy atom. The maximum atomic E-state index is 12.4. The van der Waals surface area contributed by atoms with E-state index in [0.29, 0.717) is 0 Å². The van der Waals surface area contributed by atoms with Crippen LogP contribution in [0.5, 0.6) is 0 Å². The molecule has 5 aromatic rings. The van der Waals surface area contributed by atoms with Crippen LogP contribution in [-0.4, -0.2) is 41.2 Å². The molecule has 7 heteroatoms. The molecule has 0 radical (unpaired) electrons. The molecule has 7 nitrogen and oxygen atoms in total. The highest BCUT2D eigenvalue weighted by molar-refractivity contribution is 5.98. The molecule has 0 saturated heterocycles. The van der Waals surface area contributed by atoms with Crippen LogP contribution in [0, 0.1) is 6.92 Å². The number of carbonyl (C=O) groups is 1. The van der Waals surface area contributed by atoms with Crippen LogP contribution in [0.15, 0.2) is 72.9 Å². The number of aromatic nitrogens is 4. The number of aryl methyl sites for hydroxylation is 1. The standard InChI is InChI=1S/C31H31N5O2/c1-20-33-34-28-25-19-24(21-9-6-5-7-10-21)27(32-26(25)15-18-35(20)28)22-11-13-23(14-12-22)31(16-8-17-31)36(29(37)38)30(2,3)4/h5-7,9-15,18-19H,8,16-17H2,1-4H3,(H,37,38). The smallest absolute Gasteiger partial charge is 0.408 e. The van der Waals surface area contributed by atoms with Crippen LogP contribution < -0.4 is 0 Å². The fourth-order valence-electron chi connectivity index (χ4n) is 5.97. The van der Waals surface area contributed by atoms with Crippen molar-refractivity contribution in [2.75, 3.05) is 0 Å². The van der Waals surface area contributed by atoms with Crippen molar-refractivity contribution >= 4 is 22.6 Å². The van der Waals surface area contributed by atoms with Crippen molar-refractivity contribution in [3.8, 4) is 22.4 Å². The monoisotopic (exact) mass is 505 g/mol. The molecular formula is C31H31N5O2. The first-order valence-corrected chi connectivity index (χ1v) is 13.0. The molecule has 1 N–H and O–H groups in total. The average Bonchev–Trinajstić information content (AvgIpc) is 3.26. The summed E-state index contributed by atoms with van der Waals surface area (Å²) in [7, 11) is 0. The van der Waals surface area contributed by atoms with Crippen molar-refractivity contribution in [3.63, 3.8) is 0 Å². The highest BCUT2D eigenvalue weighted by atomic mass is 16.4. The molecule has 3 heterocycles. The van der Waals surface area contributed by atoms with Gasteiger partial charge in [-0.25, -0.2) is 9.78 Å². The van der Waals surface area contributed by atoms with Crippen LogP contribution in [0.3, 0.4) is 0 Å². The second kappa shape index (κ2) is 8.65. The van der Waals surface area contributed by atoms with Crippen molar-refractivity contribution in [3.05, 3.63) is 84.3 Å². The number of hydrogen-bond acceptors (Lipinski definition) is 4. The van der Waals surface area contributed by atoms with Crippen molar-refractivity contribution < 1.29 is 9.90 Å². The van der Waals surface area contributed by atoms with E-state index in [9.17, 15) is 9.90 Å². The van der Waals surface area contributed by atoms with Gasteiger partial charge in [-0.15, -0.1) is 10.2 Å². The number of fused-ring (bicyclic) bond motifs is 3. The van der Waals surface area contributed by atoms with Crippen LogP contribution in [0.1, 0.15) is 51.4 Å². The Kier molecular flexibility index (Phi) is 5.49. The average molecular weight is 506 g/mol. The van der Waals surface area contributed by atoms with Crippen molar-refractivity contribution in [1.82, 2.24) is 24.5 Å². The van der Waals surface area contributed by atoms with Gasteiger partial charge in [0, 0.05) is 28.2 Å². The molecule has 6 rings (SSSR count). The van der Waals surface area contributed by atoms with Gasteiger partial charge >= 0.3 is 6.09 Å². The van der Waals surface area contributed by atoms with E-state index in [1.54, 1.807) is 4.90 Å². The summed E-state index contributed by atoms with van der Waals surface area (Å²) in [5.41, 5.74) is 5.61. The zero-order chi connectivity index (χ0) is 26.7. The number of hydrogen-bond donors (Lipinski definition) is 1. The van der Waals surface area contributed by atoms with E-state index < -0.39 is 17.2 Å². The lowest BCUT2D eigenvalue weighted by Gasteiger charge is -2.54. The number of benzene rings is 2. The van der Waals surface area contributed by atoms with Gasteiger partial charge in [0.05, 0.1) is 16.7 Å². The minimum atomic E-state index is -0.876. The maximum absolute atomic E-state index is 12.4. The summed E-state index contributed by atoms with van der Waals surface area (Å²) < 4.78 is 1.98. The third kappa shape index (κ3) is 3.72. The summed E-state index contributed by atoms with van der Waals surface area (Å²) in [6.07, 6.45) is 3.75. The Morgan fingerprint density at radius 2 is 1.68 bits per heavy atom. The van der Waals surface area contributed by atoms with E-state index in [-0.39, 0.29) is 0 Å². The topological polar surface area (TPSA) is 83.6 Å². The second-order valence-electron chi connectivity index (χ2n) is 11.2. The minimum Gasteiger partial charge on any atom is -0.465 e. The summed E-state index contributed by atoms with van der Waals surface area (Å²) >= 11 is 0. The van der Waals surface area contributed by atoms with Crippen LogP contribution in [0.2, 0.25) is 0 Å². The molecule has 0 spiro atoms. The third-order valence-electron chi connectivity index (χ3n) is 7.79. The van der Waals surface area contributed by atoms with Crippen LogP contribution >= 0.6 is 0 Å². The summed E-state index contributed by atoms with van der Waals surface area (Å²) in [6, 6.07) is 22.7. The lowest BCUT2D eigenvalue weighted by molar-refractivity contribution is -0.0328. The van der Waals surface area contributed by atoms with Crippen LogP contribution in [-0.2, 0) is 5.54 Å². The molecule has 0 aliphatic heterocycles. The summed E-state index contributed by atoms with van der Waals surface area (Å²) in [5.74, 6) is 0.832. The van der Waals surface area contributed by atoms with Gasteiger partial charge in [-0.3, -0.25) is 9.30 Å². The Balaban J connectivity index is 1.50. The van der Waals surface area contributed by atoms with Gasteiger partial charge in [-0.2, -0.15) is 0 Å². The van der Waals surface area contributed by atoms with Gasteiger partial charge in [0.25, 0.3) is 0 Å². The van der Waals surface area contributed by atoms with Crippen molar-refractivity contribution in [1.29, 1.82) is 0 Å². The van der Waals surface area contributed by atoms with Crippen LogP contribution in [0.25, 0.3) is 38.9 Å². The quantitative estimate of drug-likeness (QED) is 0.282. The number of carboxylic acid groups (broad SMARTS) is 1. The second-order valence-corrected chi connectivity index (χ2v) is 11.2. The Morgan fingerprint density at radius 1 is 0.974 bits per heavy atom. The van der Waals surface area contributed by atoms with Gasteiger partial charge in [0.2, 0.25) is 0 Å². The fourth-order valence-corrected chi connectivity index (χ4v) is 5.97. The summed E-state index contributed by atoms with van der Waals surface area (Å²) in [4.78, 5) is 19.1. The largest absolute Gasteiger partial charge is 0.465 e. The number of rotatable bonds is 4. The van der Waals surface area contributed by atoms with Gasteiger partial charge in [-0.1, -0.05) is 54.6 Å². The molecule has 1 saturated carbocycles. The highest BCUT2D eigenvalue weighted by Crippen LogP contribution is 2.49. The van der Waals surface area contributed by atoms with Crippen molar-refractivity contribution in [2.24, 2.45) is 0 Å². The van der Waals surface area contributed by atoms with Crippen LogP contribution in [0.4, 0.5) is 4.79 Å². The van der Waals surface area contributed by atoms with E-state index in [1.165, 1.54) is 0 Å². The molecule has 0 bridgehead atoms. The van der Waals surface area contributed by atoms with E-state index in [0.717, 1.165) is 69.6 Å². The number of amides is 1. The molecule has 2 aromatic carbocycles. The first-order chi connectivity index (χ1) is 18.2. The molecule has 0 atom stereocenters. The van der Waals surface area contributed by atoms with E-state index >= 15 is 0 Å². The van der Waals surface area contributed by atoms with Crippen molar-refractivity contribution in [2.45, 2.75) is 58.0 Å². The lowest BCUT2D eigenvalue weighted by atomic mass is 9.69. The first kappa shape index (κ1) is 24.1. The minimum absolute atomic E-state index is 0.501. The third-order valence-corrected chi connectivity index (χ3v) is 7.79. The number of pyridine rings is 2. The molecule has 1 fully saturated rings. The maximum Gasteiger partial charge on any atom is 0.408 e. The molecule has 0 unspecified atom stereocenters. The normalized spacial score (nSPS) is 14.9. The lowest BCUT2D eigenvalue weighted by Crippen LogP contribution is -2.60. The van der Waals surface area contributed by atoms with E-state index in [4.69, 9.17) is 4.98 Å². The van der Waals surface area contributed by atoms with E-state index in [1.807, 2.05) is 62.6 Å². The van der Waals surface area contributed by atoms with E-state index in [2.05, 4.69) is 52.7 Å². The predicted molar refractivity (Wildman–Crippen MR) is 149 cm³/mol. The molecule has 1 aliphatic rings. The Labute approximate surface area is 221 Å². The van der Waals surface area contributed by atoms with Gasteiger partial charge in [0.1, 0.15) is 5.82 Å². The SMILES string of the molecule is Cc1nnc2c3cc(-c4ccccc4)c(-c4ccc(C5(N(C(=O)O)C(C)(C)C)CCC5)cc4)nc3ccn12. The zero-order valence-corrected chi connectivity index (χ0v) is 22.1. The molecule has 1 amide bonds. The first-order valence-electron chi connectivity index (χ1n) is 13.0. The highest BCUT2D eigenvalue weighted by Gasteiger charge is 2.50. The van der Waals surface area contributed by atoms with Gasteiger partial charge in [0.15, 0.2) is 5.65 Å². The molecule has 38 heavy (non-hydrogen) atoms. The Bertz CT molecular complexity index is 1660. The Hall–Kier alpha value is -4.26. The van der Waals surface area contributed by atoms with Gasteiger partial charge in [-0.05, 0) is 70.2 Å². The summed E-state index contributed by atoms with van der Waals surface area (Å²) in [5, 5.41) is 19.8. The molecule has 3 aromatic heterocycles. The predicted octanol–water partition coefficient (Wildman–Crippen LogP) is 7.08. The molecule has 192 valence electrons. The van der Waals surface area contributed by atoms with Gasteiger partial charge < -0.3 is 5.11 Å². The zero-order valence-electron chi connectivity index (χ0n) is 22.1. The molecule has 1 aliphatic carbocycles. The number of nitrogens with zero attached hydrogens (tertiary/aromatic N) is 5.